The SMILES string of the molecule is O=[N+]([O-])c1ccc(CCNc2ncnc3cc(OCC4CCN(CCNc5ccnc6ccccc56)CC4)ccc23)cc1. The van der Waals surface area contributed by atoms with Crippen LogP contribution in [0, 0.1) is 16.0 Å². The van der Waals surface area contributed by atoms with Crippen molar-refractivity contribution in [3.8, 4) is 5.75 Å². The number of piperidine rings is 1. The van der Waals surface area contributed by atoms with Crippen molar-refractivity contribution in [3.63, 3.8) is 0 Å². The number of nitro groups is 1. The van der Waals surface area contributed by atoms with Gasteiger partial charge in [0, 0.05) is 60.5 Å². The zero-order valence-electron chi connectivity index (χ0n) is 24.0. The average molecular weight is 578 g/mol. The number of para-hydroxylation sites is 1. The minimum absolute atomic E-state index is 0.0985. The van der Waals surface area contributed by atoms with Crippen LogP contribution in [0.4, 0.5) is 17.2 Å². The molecule has 0 amide bonds. The minimum Gasteiger partial charge on any atom is -0.493 e. The lowest BCUT2D eigenvalue weighted by Gasteiger charge is -2.32. The molecule has 1 aliphatic heterocycles. The third kappa shape index (κ3) is 7.15. The van der Waals surface area contributed by atoms with Crippen LogP contribution in [0.25, 0.3) is 21.8 Å². The van der Waals surface area contributed by atoms with E-state index < -0.39 is 0 Å². The number of rotatable bonds is 12. The third-order valence-corrected chi connectivity index (χ3v) is 8.05. The van der Waals surface area contributed by atoms with E-state index in [9.17, 15) is 10.1 Å². The van der Waals surface area contributed by atoms with E-state index in [0.29, 0.717) is 19.1 Å². The van der Waals surface area contributed by atoms with Gasteiger partial charge in [-0.3, -0.25) is 15.1 Å². The van der Waals surface area contributed by atoms with E-state index in [1.807, 2.05) is 42.6 Å². The van der Waals surface area contributed by atoms with Crippen molar-refractivity contribution in [1.82, 2.24) is 19.9 Å². The fraction of sp³-hybridized carbons (Fsp3) is 0.303. The quantitative estimate of drug-likeness (QED) is 0.137. The van der Waals surface area contributed by atoms with E-state index in [2.05, 4.69) is 42.6 Å². The second kappa shape index (κ2) is 13.4. The molecular weight excluding hydrogens is 542 g/mol. The number of fused-ring (bicyclic) bond motifs is 2. The lowest BCUT2D eigenvalue weighted by molar-refractivity contribution is -0.384. The zero-order chi connectivity index (χ0) is 29.4. The first kappa shape index (κ1) is 28.3. The molecule has 6 rings (SSSR count). The topological polar surface area (TPSA) is 118 Å². The summed E-state index contributed by atoms with van der Waals surface area (Å²) in [7, 11) is 0. The minimum atomic E-state index is -0.386. The van der Waals surface area contributed by atoms with Crippen molar-refractivity contribution in [3.05, 3.63) is 101 Å². The highest BCUT2D eigenvalue weighted by Crippen LogP contribution is 2.26. The summed E-state index contributed by atoms with van der Waals surface area (Å²) >= 11 is 0. The van der Waals surface area contributed by atoms with Crippen LogP contribution in [0.3, 0.4) is 0 Å². The van der Waals surface area contributed by atoms with Gasteiger partial charge in [-0.25, -0.2) is 9.97 Å². The van der Waals surface area contributed by atoms with Crippen molar-refractivity contribution in [2.75, 3.05) is 50.0 Å². The van der Waals surface area contributed by atoms with Crippen molar-refractivity contribution in [2.45, 2.75) is 19.3 Å². The Hall–Kier alpha value is -4.83. The van der Waals surface area contributed by atoms with Crippen LogP contribution < -0.4 is 15.4 Å². The molecule has 5 aromatic rings. The summed E-state index contributed by atoms with van der Waals surface area (Å²) < 4.78 is 6.21. The van der Waals surface area contributed by atoms with Crippen LogP contribution in [0.5, 0.6) is 5.75 Å². The molecule has 1 saturated heterocycles. The molecule has 0 radical (unpaired) electrons. The highest BCUT2D eigenvalue weighted by Gasteiger charge is 2.20. The molecule has 2 aromatic heterocycles. The molecule has 0 spiro atoms. The third-order valence-electron chi connectivity index (χ3n) is 8.05. The molecular formula is C33H35N7O3. The first-order valence-electron chi connectivity index (χ1n) is 14.8. The lowest BCUT2D eigenvalue weighted by Crippen LogP contribution is -2.38. The molecule has 0 unspecified atom stereocenters. The molecule has 1 aliphatic rings. The van der Waals surface area contributed by atoms with Gasteiger partial charge in [0.25, 0.3) is 5.69 Å². The fourth-order valence-electron chi connectivity index (χ4n) is 5.57. The van der Waals surface area contributed by atoms with Crippen LogP contribution in [-0.2, 0) is 6.42 Å². The van der Waals surface area contributed by atoms with Gasteiger partial charge >= 0.3 is 0 Å². The summed E-state index contributed by atoms with van der Waals surface area (Å²) in [5, 5.41) is 19.9. The maximum atomic E-state index is 10.9. The second-order valence-electron chi connectivity index (χ2n) is 10.9. The Kier molecular flexibility index (Phi) is 8.84. The molecule has 0 atom stereocenters. The number of ether oxygens (including phenoxy) is 1. The first-order valence-corrected chi connectivity index (χ1v) is 14.8. The Morgan fingerprint density at radius 2 is 1.72 bits per heavy atom. The molecule has 3 heterocycles. The van der Waals surface area contributed by atoms with Crippen LogP contribution in [-0.4, -0.2) is 64.1 Å². The number of anilines is 2. The van der Waals surface area contributed by atoms with E-state index in [1.165, 1.54) is 12.1 Å². The number of aromatic nitrogens is 3. The van der Waals surface area contributed by atoms with Gasteiger partial charge in [-0.2, -0.15) is 0 Å². The molecule has 2 N–H and O–H groups in total. The van der Waals surface area contributed by atoms with Gasteiger partial charge in [-0.1, -0.05) is 30.3 Å². The molecule has 3 aromatic carbocycles. The summed E-state index contributed by atoms with van der Waals surface area (Å²) in [6.07, 6.45) is 6.39. The number of hydrogen-bond donors (Lipinski definition) is 2. The van der Waals surface area contributed by atoms with E-state index in [4.69, 9.17) is 4.74 Å². The molecule has 10 heteroatoms. The summed E-state index contributed by atoms with van der Waals surface area (Å²) in [6, 6.07) is 22.9. The Morgan fingerprint density at radius 3 is 2.56 bits per heavy atom. The van der Waals surface area contributed by atoms with Crippen LogP contribution >= 0.6 is 0 Å². The van der Waals surface area contributed by atoms with Gasteiger partial charge in [-0.15, -0.1) is 0 Å². The number of non-ortho nitro benzene ring substituents is 1. The Balaban J connectivity index is 0.941. The van der Waals surface area contributed by atoms with E-state index in [-0.39, 0.29) is 10.6 Å². The molecule has 0 saturated carbocycles. The second-order valence-corrected chi connectivity index (χ2v) is 10.9. The fourth-order valence-corrected chi connectivity index (χ4v) is 5.57. The predicted molar refractivity (Wildman–Crippen MR) is 170 cm³/mol. The predicted octanol–water partition coefficient (Wildman–Crippen LogP) is 5.94. The van der Waals surface area contributed by atoms with Crippen LogP contribution in [0.2, 0.25) is 0 Å². The van der Waals surface area contributed by atoms with E-state index in [1.54, 1.807) is 18.5 Å². The zero-order valence-corrected chi connectivity index (χ0v) is 24.0. The molecule has 0 bridgehead atoms. The van der Waals surface area contributed by atoms with Gasteiger partial charge in [0.2, 0.25) is 0 Å². The summed E-state index contributed by atoms with van der Waals surface area (Å²) in [6.45, 7) is 5.42. The lowest BCUT2D eigenvalue weighted by atomic mass is 9.98. The molecule has 0 aliphatic carbocycles. The summed E-state index contributed by atoms with van der Waals surface area (Å²) in [5.41, 5.74) is 4.10. The number of likely N-dealkylation sites (tertiary alicyclic amines) is 1. The van der Waals surface area contributed by atoms with Crippen LogP contribution in [0.1, 0.15) is 18.4 Å². The van der Waals surface area contributed by atoms with Gasteiger partial charge in [0.1, 0.15) is 17.9 Å². The van der Waals surface area contributed by atoms with Gasteiger partial charge in [-0.05, 0) is 68.1 Å². The standard InChI is InChI=1S/C33H35N7O3/c41-40(42)26-7-5-24(6-8-26)11-15-36-33-29-10-9-27(21-32(29)37-23-38-33)43-22-25-13-18-39(19-14-25)20-17-35-31-12-16-34-30-4-2-1-3-28(30)31/h1-10,12,16,21,23,25H,11,13-15,17-20,22H2,(H,34,35)(H,36,37,38). The maximum absolute atomic E-state index is 10.9. The van der Waals surface area contributed by atoms with E-state index >= 15 is 0 Å². The van der Waals surface area contributed by atoms with Crippen LogP contribution in [0.15, 0.2) is 85.3 Å². The van der Waals surface area contributed by atoms with Crippen molar-refractivity contribution < 1.29 is 9.66 Å². The number of pyridine rings is 1. The number of benzene rings is 3. The maximum Gasteiger partial charge on any atom is 0.269 e. The number of nitro benzene ring substituents is 1. The smallest absolute Gasteiger partial charge is 0.269 e. The monoisotopic (exact) mass is 577 g/mol. The van der Waals surface area contributed by atoms with Crippen molar-refractivity contribution in [1.29, 1.82) is 0 Å². The summed E-state index contributed by atoms with van der Waals surface area (Å²) in [5.74, 6) is 2.11. The van der Waals surface area contributed by atoms with Gasteiger partial charge in [0.05, 0.1) is 22.6 Å². The van der Waals surface area contributed by atoms with Gasteiger partial charge in [0.15, 0.2) is 0 Å². The highest BCUT2D eigenvalue weighted by atomic mass is 16.6. The normalized spacial score (nSPS) is 14.1. The Labute approximate surface area is 250 Å². The van der Waals surface area contributed by atoms with Gasteiger partial charge < -0.3 is 20.3 Å². The van der Waals surface area contributed by atoms with E-state index in [0.717, 1.165) is 90.1 Å². The molecule has 43 heavy (non-hydrogen) atoms. The number of nitrogens with one attached hydrogen (secondary N) is 2. The average Bonchev–Trinajstić information content (AvgIpc) is 3.05. The van der Waals surface area contributed by atoms with Crippen molar-refractivity contribution >= 4 is 39.0 Å². The molecule has 1 fully saturated rings. The number of nitrogens with zero attached hydrogens (tertiary/aromatic N) is 5. The molecule has 10 nitrogen and oxygen atoms in total. The Bertz CT molecular complexity index is 1680. The highest BCUT2D eigenvalue weighted by molar-refractivity contribution is 5.91. The Morgan fingerprint density at radius 1 is 0.884 bits per heavy atom. The number of hydrogen-bond acceptors (Lipinski definition) is 9. The van der Waals surface area contributed by atoms with Crippen molar-refractivity contribution in [2.24, 2.45) is 5.92 Å². The largest absolute Gasteiger partial charge is 0.493 e. The molecule has 220 valence electrons. The first-order chi connectivity index (χ1) is 21.1. The summed E-state index contributed by atoms with van der Waals surface area (Å²) in [4.78, 5) is 26.3.